The Bertz CT molecular complexity index is 339. The van der Waals surface area contributed by atoms with Crippen LogP contribution in [0.1, 0.15) is 23.7 Å². The average molecular weight is 273 g/mol. The standard InChI is InChI=1S/C11H13BrO3/c1-2-9(14)7-15-10-5-3-4-8(6-13)11(10)12/h3-6,9,14H,2,7H2,1H3/t9-/m1/s1. The van der Waals surface area contributed by atoms with Crippen molar-refractivity contribution < 1.29 is 14.6 Å². The van der Waals surface area contributed by atoms with Crippen molar-refractivity contribution in [3.8, 4) is 5.75 Å². The molecule has 1 aromatic rings. The van der Waals surface area contributed by atoms with E-state index in [1.54, 1.807) is 18.2 Å². The molecule has 0 spiro atoms. The van der Waals surface area contributed by atoms with E-state index in [-0.39, 0.29) is 6.61 Å². The third kappa shape index (κ3) is 3.32. The molecule has 3 nitrogen and oxygen atoms in total. The van der Waals surface area contributed by atoms with Gasteiger partial charge in [0.25, 0.3) is 0 Å². The van der Waals surface area contributed by atoms with Crippen LogP contribution in [0.25, 0.3) is 0 Å². The molecule has 0 radical (unpaired) electrons. The van der Waals surface area contributed by atoms with Crippen LogP contribution in [0.15, 0.2) is 22.7 Å². The molecule has 0 saturated heterocycles. The van der Waals surface area contributed by atoms with Crippen LogP contribution in [0.3, 0.4) is 0 Å². The Morgan fingerprint density at radius 2 is 2.33 bits per heavy atom. The van der Waals surface area contributed by atoms with Crippen LogP contribution >= 0.6 is 15.9 Å². The molecule has 1 atom stereocenters. The van der Waals surface area contributed by atoms with E-state index in [0.29, 0.717) is 22.2 Å². The minimum atomic E-state index is -0.475. The van der Waals surface area contributed by atoms with Gasteiger partial charge in [-0.1, -0.05) is 19.1 Å². The summed E-state index contributed by atoms with van der Waals surface area (Å²) in [6.45, 7) is 2.11. The van der Waals surface area contributed by atoms with Crippen LogP contribution in [-0.4, -0.2) is 24.1 Å². The molecular formula is C11H13BrO3. The SMILES string of the molecule is CC[C@@H](O)COc1cccc(C=O)c1Br. The zero-order valence-electron chi connectivity index (χ0n) is 8.44. The average Bonchev–Trinajstić information content (AvgIpc) is 2.27. The summed E-state index contributed by atoms with van der Waals surface area (Å²) in [7, 11) is 0. The number of hydrogen-bond donors (Lipinski definition) is 1. The van der Waals surface area contributed by atoms with Crippen LogP contribution < -0.4 is 4.74 Å². The number of halogens is 1. The van der Waals surface area contributed by atoms with E-state index in [9.17, 15) is 9.90 Å². The summed E-state index contributed by atoms with van der Waals surface area (Å²) in [6, 6.07) is 5.18. The molecule has 15 heavy (non-hydrogen) atoms. The number of aliphatic hydroxyl groups excluding tert-OH is 1. The van der Waals surface area contributed by atoms with Crippen LogP contribution in [-0.2, 0) is 0 Å². The first-order valence-electron chi connectivity index (χ1n) is 4.73. The van der Waals surface area contributed by atoms with Crippen molar-refractivity contribution in [2.24, 2.45) is 0 Å². The second-order valence-corrected chi connectivity index (χ2v) is 3.94. The summed E-state index contributed by atoms with van der Waals surface area (Å²) in [5.41, 5.74) is 0.540. The summed E-state index contributed by atoms with van der Waals surface area (Å²) in [5.74, 6) is 0.576. The Balaban J connectivity index is 2.73. The van der Waals surface area contributed by atoms with Crippen molar-refractivity contribution in [1.82, 2.24) is 0 Å². The highest BCUT2D eigenvalue weighted by Gasteiger charge is 2.07. The Labute approximate surface area is 97.2 Å². The van der Waals surface area contributed by atoms with Gasteiger partial charge in [0.2, 0.25) is 0 Å². The number of rotatable bonds is 5. The van der Waals surface area contributed by atoms with E-state index < -0.39 is 6.10 Å². The lowest BCUT2D eigenvalue weighted by Gasteiger charge is -2.12. The van der Waals surface area contributed by atoms with Crippen molar-refractivity contribution in [3.05, 3.63) is 28.2 Å². The molecule has 1 rings (SSSR count). The lowest BCUT2D eigenvalue weighted by molar-refractivity contribution is 0.104. The fraction of sp³-hybridized carbons (Fsp3) is 0.364. The number of hydrogen-bond acceptors (Lipinski definition) is 3. The summed E-state index contributed by atoms with van der Waals surface area (Å²) in [5, 5.41) is 9.33. The van der Waals surface area contributed by atoms with Crippen molar-refractivity contribution in [1.29, 1.82) is 0 Å². The van der Waals surface area contributed by atoms with E-state index >= 15 is 0 Å². The lowest BCUT2D eigenvalue weighted by atomic mass is 10.2. The van der Waals surface area contributed by atoms with E-state index in [2.05, 4.69) is 15.9 Å². The molecule has 0 aromatic heterocycles. The van der Waals surface area contributed by atoms with Crippen LogP contribution in [0.5, 0.6) is 5.75 Å². The normalized spacial score (nSPS) is 12.2. The van der Waals surface area contributed by atoms with Gasteiger partial charge in [0.1, 0.15) is 12.4 Å². The van der Waals surface area contributed by atoms with Crippen LogP contribution in [0.2, 0.25) is 0 Å². The highest BCUT2D eigenvalue weighted by Crippen LogP contribution is 2.27. The molecule has 0 saturated carbocycles. The van der Waals surface area contributed by atoms with Gasteiger partial charge in [-0.2, -0.15) is 0 Å². The van der Waals surface area contributed by atoms with Gasteiger partial charge >= 0.3 is 0 Å². The molecule has 0 heterocycles. The maximum atomic E-state index is 10.6. The van der Waals surface area contributed by atoms with Gasteiger partial charge in [0.15, 0.2) is 6.29 Å². The minimum Gasteiger partial charge on any atom is -0.490 e. The molecular weight excluding hydrogens is 260 g/mol. The highest BCUT2D eigenvalue weighted by atomic mass is 79.9. The Hall–Kier alpha value is -0.870. The molecule has 0 aliphatic heterocycles. The van der Waals surface area contributed by atoms with E-state index in [1.165, 1.54) is 0 Å². The van der Waals surface area contributed by atoms with Crippen molar-refractivity contribution >= 4 is 22.2 Å². The predicted octanol–water partition coefficient (Wildman–Crippen LogP) is 2.41. The van der Waals surface area contributed by atoms with E-state index in [4.69, 9.17) is 4.74 Å². The van der Waals surface area contributed by atoms with Crippen LogP contribution in [0, 0.1) is 0 Å². The van der Waals surface area contributed by atoms with Gasteiger partial charge in [-0.05, 0) is 28.4 Å². The molecule has 4 heteroatoms. The van der Waals surface area contributed by atoms with Gasteiger partial charge in [-0.25, -0.2) is 0 Å². The lowest BCUT2D eigenvalue weighted by Crippen LogP contribution is -2.16. The predicted molar refractivity (Wildman–Crippen MR) is 61.3 cm³/mol. The van der Waals surface area contributed by atoms with E-state index in [0.717, 1.165) is 6.29 Å². The van der Waals surface area contributed by atoms with Gasteiger partial charge in [-0.3, -0.25) is 4.79 Å². The second-order valence-electron chi connectivity index (χ2n) is 3.15. The smallest absolute Gasteiger partial charge is 0.151 e. The van der Waals surface area contributed by atoms with Crippen molar-refractivity contribution in [3.63, 3.8) is 0 Å². The maximum absolute atomic E-state index is 10.6. The summed E-state index contributed by atoms with van der Waals surface area (Å²) < 4.78 is 6.00. The van der Waals surface area contributed by atoms with Crippen LogP contribution in [0.4, 0.5) is 0 Å². The van der Waals surface area contributed by atoms with E-state index in [1.807, 2.05) is 6.92 Å². The first-order valence-corrected chi connectivity index (χ1v) is 5.52. The molecule has 0 bridgehead atoms. The number of benzene rings is 1. The molecule has 0 unspecified atom stereocenters. The molecule has 0 aliphatic rings. The maximum Gasteiger partial charge on any atom is 0.151 e. The fourth-order valence-corrected chi connectivity index (χ4v) is 1.51. The van der Waals surface area contributed by atoms with Crippen molar-refractivity contribution in [2.45, 2.75) is 19.4 Å². The number of aldehydes is 1. The fourth-order valence-electron chi connectivity index (χ4n) is 1.03. The number of aliphatic hydroxyl groups is 1. The zero-order chi connectivity index (χ0) is 11.3. The Morgan fingerprint density at radius 3 is 2.93 bits per heavy atom. The highest BCUT2D eigenvalue weighted by molar-refractivity contribution is 9.10. The summed E-state index contributed by atoms with van der Waals surface area (Å²) >= 11 is 3.28. The Morgan fingerprint density at radius 1 is 1.60 bits per heavy atom. The molecule has 0 aliphatic carbocycles. The molecule has 0 fully saturated rings. The molecule has 1 aromatic carbocycles. The largest absolute Gasteiger partial charge is 0.490 e. The first kappa shape index (κ1) is 12.2. The third-order valence-electron chi connectivity index (χ3n) is 2.02. The number of carbonyl (C=O) groups excluding carboxylic acids is 1. The number of ether oxygens (including phenoxy) is 1. The first-order chi connectivity index (χ1) is 7.19. The summed E-state index contributed by atoms with van der Waals surface area (Å²) in [6.07, 6.45) is 0.926. The minimum absolute atomic E-state index is 0.234. The monoisotopic (exact) mass is 272 g/mol. The van der Waals surface area contributed by atoms with Gasteiger partial charge < -0.3 is 9.84 Å². The zero-order valence-corrected chi connectivity index (χ0v) is 10.0. The van der Waals surface area contributed by atoms with Crippen molar-refractivity contribution in [2.75, 3.05) is 6.61 Å². The molecule has 82 valence electrons. The van der Waals surface area contributed by atoms with Gasteiger partial charge in [0, 0.05) is 5.56 Å². The Kier molecular flexibility index (Phi) is 4.78. The second kappa shape index (κ2) is 5.88. The summed E-state index contributed by atoms with van der Waals surface area (Å²) in [4.78, 5) is 10.6. The quantitative estimate of drug-likeness (QED) is 0.838. The number of carbonyl (C=O) groups is 1. The van der Waals surface area contributed by atoms with Gasteiger partial charge in [0.05, 0.1) is 10.6 Å². The molecule has 1 N–H and O–H groups in total. The van der Waals surface area contributed by atoms with Gasteiger partial charge in [-0.15, -0.1) is 0 Å². The molecule has 0 amide bonds. The topological polar surface area (TPSA) is 46.5 Å². The third-order valence-corrected chi connectivity index (χ3v) is 2.87.